The Morgan fingerprint density at radius 3 is 2.50 bits per heavy atom. The highest BCUT2D eigenvalue weighted by molar-refractivity contribution is 6.28. The summed E-state index contributed by atoms with van der Waals surface area (Å²) in [6.07, 6.45) is 2.13. The number of benzene rings is 1. The molecule has 9 heteroatoms. The summed E-state index contributed by atoms with van der Waals surface area (Å²) in [6.45, 7) is 12.8. The van der Waals surface area contributed by atoms with Crippen LogP contribution in [-0.2, 0) is 0 Å². The third-order valence-electron chi connectivity index (χ3n) is 7.39. The summed E-state index contributed by atoms with van der Waals surface area (Å²) in [5.41, 5.74) is 3.22. The van der Waals surface area contributed by atoms with Crippen LogP contribution < -0.4 is 10.6 Å². The number of fused-ring (bicyclic) bond motifs is 1. The highest BCUT2D eigenvalue weighted by atomic mass is 35.5. The van der Waals surface area contributed by atoms with E-state index in [1.807, 2.05) is 26.8 Å². The molecule has 0 aliphatic carbocycles. The number of aromatic nitrogens is 5. The van der Waals surface area contributed by atoms with E-state index in [-0.39, 0.29) is 23.1 Å². The van der Waals surface area contributed by atoms with E-state index >= 15 is 0 Å². The normalized spacial score (nSPS) is 18.0. The molecule has 1 fully saturated rings. The fourth-order valence-corrected chi connectivity index (χ4v) is 5.61. The maximum absolute atomic E-state index is 14.9. The number of pyridine rings is 1. The molecule has 198 valence electrons. The number of rotatable bonds is 4. The lowest BCUT2D eigenvalue weighted by molar-refractivity contribution is 0.388. The van der Waals surface area contributed by atoms with Crippen LogP contribution in [0, 0.1) is 25.6 Å². The monoisotopic (exact) mass is 534 g/mol. The van der Waals surface area contributed by atoms with Gasteiger partial charge >= 0.3 is 5.69 Å². The molecule has 0 N–H and O–H groups in total. The zero-order chi connectivity index (χ0) is 27.3. The molecule has 1 aliphatic rings. The first-order valence-corrected chi connectivity index (χ1v) is 13.4. The molecule has 3 aromatic heterocycles. The van der Waals surface area contributed by atoms with E-state index in [9.17, 15) is 9.18 Å². The van der Waals surface area contributed by atoms with Crippen LogP contribution >= 0.6 is 11.6 Å². The Kier molecular flexibility index (Phi) is 6.94. The van der Waals surface area contributed by atoms with Gasteiger partial charge in [-0.25, -0.2) is 28.7 Å². The smallest absolute Gasteiger partial charge is 0.353 e. The zero-order valence-corrected chi connectivity index (χ0v) is 23.3. The Labute approximate surface area is 226 Å². The minimum atomic E-state index is -0.482. The van der Waals surface area contributed by atoms with Gasteiger partial charge in [0, 0.05) is 18.2 Å². The maximum Gasteiger partial charge on any atom is 0.355 e. The van der Waals surface area contributed by atoms with Crippen LogP contribution in [0.15, 0.2) is 35.1 Å². The lowest BCUT2D eigenvalue weighted by Gasteiger charge is -2.38. The lowest BCUT2D eigenvalue weighted by Crippen LogP contribution is -2.43. The minimum Gasteiger partial charge on any atom is -0.353 e. The van der Waals surface area contributed by atoms with Crippen LogP contribution in [-0.4, -0.2) is 37.1 Å². The Balaban J connectivity index is 1.91. The standard InChI is InChI=1S/C29H32ClFN6O/c1-15(2)23-25(19(6)32-28(30)34-23)37-27-21(13-17(4)24(33-27)20-9-7-8-10-22(20)31)26(35-29(37)38)36-14-16(3)11-12-18(36)5/h7-10,13,15-16,18H,11-12,14H2,1-6H3/t16-,18-/m0/s1. The number of halogens is 2. The molecule has 0 radical (unpaired) electrons. The zero-order valence-electron chi connectivity index (χ0n) is 22.6. The van der Waals surface area contributed by atoms with Gasteiger partial charge in [0.05, 0.1) is 28.2 Å². The number of nitrogens with zero attached hydrogens (tertiary/aromatic N) is 6. The van der Waals surface area contributed by atoms with Crippen LogP contribution in [0.25, 0.3) is 28.0 Å². The maximum atomic E-state index is 14.9. The predicted octanol–water partition coefficient (Wildman–Crippen LogP) is 6.40. The third kappa shape index (κ3) is 4.55. The van der Waals surface area contributed by atoms with Crippen molar-refractivity contribution in [3.63, 3.8) is 0 Å². The summed E-state index contributed by atoms with van der Waals surface area (Å²) in [7, 11) is 0. The van der Waals surface area contributed by atoms with Crippen molar-refractivity contribution in [2.24, 2.45) is 5.92 Å². The first-order valence-electron chi connectivity index (χ1n) is 13.1. The van der Waals surface area contributed by atoms with E-state index in [2.05, 4.69) is 33.7 Å². The predicted molar refractivity (Wildman–Crippen MR) is 150 cm³/mol. The van der Waals surface area contributed by atoms with Gasteiger partial charge in [0.1, 0.15) is 11.6 Å². The summed E-state index contributed by atoms with van der Waals surface area (Å²) in [6, 6.07) is 8.72. The van der Waals surface area contributed by atoms with Gasteiger partial charge in [-0.3, -0.25) is 0 Å². The lowest BCUT2D eigenvalue weighted by atomic mass is 9.94. The molecular formula is C29H32ClFN6O. The number of piperidine rings is 1. The van der Waals surface area contributed by atoms with Crippen molar-refractivity contribution in [1.29, 1.82) is 0 Å². The molecule has 7 nitrogen and oxygen atoms in total. The number of anilines is 1. The van der Waals surface area contributed by atoms with Crippen molar-refractivity contribution in [3.8, 4) is 16.9 Å². The van der Waals surface area contributed by atoms with E-state index in [1.54, 1.807) is 25.1 Å². The molecule has 0 spiro atoms. The summed E-state index contributed by atoms with van der Waals surface area (Å²) < 4.78 is 16.4. The molecule has 38 heavy (non-hydrogen) atoms. The molecule has 4 heterocycles. The molecule has 0 unspecified atom stereocenters. The van der Waals surface area contributed by atoms with Crippen molar-refractivity contribution < 1.29 is 4.39 Å². The van der Waals surface area contributed by atoms with Crippen LogP contribution in [0.4, 0.5) is 10.2 Å². The number of hydrogen-bond donors (Lipinski definition) is 0. The first kappa shape index (κ1) is 26.2. The molecule has 2 atom stereocenters. The largest absolute Gasteiger partial charge is 0.355 e. The fraction of sp³-hybridized carbons (Fsp3) is 0.414. The van der Waals surface area contributed by atoms with E-state index < -0.39 is 5.69 Å². The topological polar surface area (TPSA) is 76.8 Å². The van der Waals surface area contributed by atoms with Gasteiger partial charge in [-0.15, -0.1) is 0 Å². The SMILES string of the molecule is Cc1cc2c(N3C[C@@H](C)CC[C@@H]3C)nc(=O)n(-c3c(C)nc(Cl)nc3C(C)C)c2nc1-c1ccccc1F. The van der Waals surface area contributed by atoms with Crippen LogP contribution in [0.5, 0.6) is 0 Å². The summed E-state index contributed by atoms with van der Waals surface area (Å²) in [5.74, 6) is 0.648. The van der Waals surface area contributed by atoms with Crippen LogP contribution in [0.1, 0.15) is 63.4 Å². The Morgan fingerprint density at radius 2 is 1.79 bits per heavy atom. The molecule has 1 aliphatic heterocycles. The number of aryl methyl sites for hydroxylation is 2. The van der Waals surface area contributed by atoms with E-state index in [1.165, 1.54) is 10.6 Å². The van der Waals surface area contributed by atoms with Gasteiger partial charge in [-0.1, -0.05) is 32.9 Å². The molecular weight excluding hydrogens is 503 g/mol. The van der Waals surface area contributed by atoms with E-state index in [4.69, 9.17) is 16.6 Å². The highest BCUT2D eigenvalue weighted by Gasteiger charge is 2.29. The average molecular weight is 535 g/mol. The second-order valence-electron chi connectivity index (χ2n) is 10.7. The summed E-state index contributed by atoms with van der Waals surface area (Å²) >= 11 is 6.22. The molecule has 0 amide bonds. The molecule has 1 saturated heterocycles. The highest BCUT2D eigenvalue weighted by Crippen LogP contribution is 2.35. The molecule has 5 rings (SSSR count). The van der Waals surface area contributed by atoms with Crippen molar-refractivity contribution >= 4 is 28.5 Å². The van der Waals surface area contributed by atoms with Crippen molar-refractivity contribution in [2.75, 3.05) is 11.4 Å². The van der Waals surface area contributed by atoms with Gasteiger partial charge in [-0.05, 0) is 80.8 Å². The van der Waals surface area contributed by atoms with E-state index in [0.29, 0.717) is 45.7 Å². The van der Waals surface area contributed by atoms with Crippen molar-refractivity contribution in [1.82, 2.24) is 24.5 Å². The second-order valence-corrected chi connectivity index (χ2v) is 11.0. The second kappa shape index (κ2) is 10.1. The van der Waals surface area contributed by atoms with Crippen LogP contribution in [0.3, 0.4) is 0 Å². The summed E-state index contributed by atoms with van der Waals surface area (Å²) in [4.78, 5) is 34.6. The molecule has 4 aromatic rings. The number of hydrogen-bond acceptors (Lipinski definition) is 6. The summed E-state index contributed by atoms with van der Waals surface area (Å²) in [5, 5.41) is 0.844. The Morgan fingerprint density at radius 1 is 1.05 bits per heavy atom. The van der Waals surface area contributed by atoms with Gasteiger partial charge in [0.15, 0.2) is 5.65 Å². The van der Waals surface area contributed by atoms with E-state index in [0.717, 1.165) is 30.3 Å². The Hall–Kier alpha value is -3.39. The molecule has 1 aromatic carbocycles. The van der Waals surface area contributed by atoms with Crippen molar-refractivity contribution in [3.05, 3.63) is 68.9 Å². The Bertz CT molecular complexity index is 1600. The van der Waals surface area contributed by atoms with Gasteiger partial charge in [0.2, 0.25) is 5.28 Å². The molecule has 0 bridgehead atoms. The first-order chi connectivity index (χ1) is 18.1. The minimum absolute atomic E-state index is 0.0507. The fourth-order valence-electron chi connectivity index (χ4n) is 5.39. The van der Waals surface area contributed by atoms with Crippen LogP contribution in [0.2, 0.25) is 5.28 Å². The van der Waals surface area contributed by atoms with Gasteiger partial charge in [0.25, 0.3) is 0 Å². The van der Waals surface area contributed by atoms with Crippen molar-refractivity contribution in [2.45, 2.75) is 66.3 Å². The average Bonchev–Trinajstić information content (AvgIpc) is 2.86. The van der Waals surface area contributed by atoms with Gasteiger partial charge in [-0.2, -0.15) is 4.98 Å². The third-order valence-corrected chi connectivity index (χ3v) is 7.55. The quantitative estimate of drug-likeness (QED) is 0.282. The molecule has 0 saturated carbocycles. The van der Waals surface area contributed by atoms with Gasteiger partial charge < -0.3 is 4.90 Å².